The number of hydrogen-bond acceptors (Lipinski definition) is 4. The summed E-state index contributed by atoms with van der Waals surface area (Å²) in [4.78, 5) is 22.9. The Hall–Kier alpha value is -1.94. The van der Waals surface area contributed by atoms with Crippen LogP contribution in [0.3, 0.4) is 0 Å². The van der Waals surface area contributed by atoms with Gasteiger partial charge in [0, 0.05) is 12.1 Å². The van der Waals surface area contributed by atoms with E-state index in [2.05, 4.69) is 23.5 Å². The Balaban J connectivity index is 1.94. The molecule has 1 atom stereocenters. The van der Waals surface area contributed by atoms with E-state index < -0.39 is 0 Å². The highest BCUT2D eigenvalue weighted by molar-refractivity contribution is 5.57. The van der Waals surface area contributed by atoms with Gasteiger partial charge in [-0.1, -0.05) is 18.2 Å². The fourth-order valence-electron chi connectivity index (χ4n) is 2.98. The predicted molar refractivity (Wildman–Crippen MR) is 79.7 cm³/mol. The van der Waals surface area contributed by atoms with Gasteiger partial charge >= 0.3 is 0 Å². The van der Waals surface area contributed by atoms with Crippen LogP contribution in [-0.2, 0) is 13.0 Å². The van der Waals surface area contributed by atoms with Crippen molar-refractivity contribution in [2.24, 2.45) is 5.73 Å². The van der Waals surface area contributed by atoms with Crippen molar-refractivity contribution in [1.82, 2.24) is 0 Å². The number of rotatable bonds is 3. The van der Waals surface area contributed by atoms with E-state index in [1.165, 1.54) is 11.1 Å². The van der Waals surface area contributed by atoms with Crippen LogP contribution in [0.1, 0.15) is 41.1 Å². The van der Waals surface area contributed by atoms with Crippen LogP contribution in [0.5, 0.6) is 0 Å². The lowest BCUT2D eigenvalue weighted by molar-refractivity contribution is 0.598. The summed E-state index contributed by atoms with van der Waals surface area (Å²) >= 11 is 0. The van der Waals surface area contributed by atoms with Crippen LogP contribution >= 0.6 is 0 Å². The van der Waals surface area contributed by atoms with Gasteiger partial charge in [-0.2, -0.15) is 0 Å². The largest absolute Gasteiger partial charge is 0.375 e. The first kappa shape index (κ1) is 13.1. The topological polar surface area (TPSA) is 72.2 Å². The molecule has 0 heterocycles. The maximum absolute atomic E-state index is 11.6. The number of benzene rings is 1. The van der Waals surface area contributed by atoms with Gasteiger partial charge in [0.2, 0.25) is 10.9 Å². The summed E-state index contributed by atoms with van der Waals surface area (Å²) in [5, 5.41) is 3.26. The number of anilines is 1. The van der Waals surface area contributed by atoms with Crippen molar-refractivity contribution >= 4 is 5.69 Å². The van der Waals surface area contributed by atoms with E-state index in [4.69, 9.17) is 5.73 Å². The number of nitrogens with one attached hydrogen (secondary N) is 1. The molecule has 0 amide bonds. The maximum atomic E-state index is 11.6. The van der Waals surface area contributed by atoms with Crippen LogP contribution in [0.15, 0.2) is 27.8 Å². The Bertz CT molecular complexity index is 726. The van der Waals surface area contributed by atoms with Crippen molar-refractivity contribution < 1.29 is 0 Å². The summed E-state index contributed by atoms with van der Waals surface area (Å²) < 4.78 is 0. The number of fused-ring (bicyclic) bond motifs is 1. The minimum atomic E-state index is -0.385. The molecule has 0 aliphatic heterocycles. The molecule has 1 aliphatic carbocycles. The highest BCUT2D eigenvalue weighted by Gasteiger charge is 2.24. The third-order valence-corrected chi connectivity index (χ3v) is 4.23. The maximum Gasteiger partial charge on any atom is 0.249 e. The Labute approximate surface area is 117 Å². The van der Waals surface area contributed by atoms with Crippen molar-refractivity contribution in [3.05, 3.63) is 60.9 Å². The van der Waals surface area contributed by atoms with Crippen LogP contribution in [0.25, 0.3) is 0 Å². The van der Waals surface area contributed by atoms with E-state index in [1.807, 2.05) is 0 Å². The molecule has 2 aromatic carbocycles. The zero-order valence-electron chi connectivity index (χ0n) is 11.5. The van der Waals surface area contributed by atoms with Crippen LogP contribution in [-0.4, -0.2) is 0 Å². The number of hydrogen-bond donors (Lipinski definition) is 2. The van der Waals surface area contributed by atoms with Gasteiger partial charge in [0.25, 0.3) is 0 Å². The molecule has 0 spiro atoms. The van der Waals surface area contributed by atoms with Crippen molar-refractivity contribution in [1.29, 1.82) is 0 Å². The Morgan fingerprint density at radius 1 is 1.30 bits per heavy atom. The molecule has 0 saturated carbocycles. The Morgan fingerprint density at radius 3 is 2.80 bits per heavy atom. The second kappa shape index (κ2) is 4.87. The van der Waals surface area contributed by atoms with Gasteiger partial charge in [0.05, 0.1) is 11.7 Å². The van der Waals surface area contributed by atoms with Crippen molar-refractivity contribution in [2.75, 3.05) is 5.32 Å². The van der Waals surface area contributed by atoms with E-state index in [0.717, 1.165) is 24.8 Å². The highest BCUT2D eigenvalue weighted by Crippen LogP contribution is 2.33. The summed E-state index contributed by atoms with van der Waals surface area (Å²) in [6, 6.07) is 6.41. The highest BCUT2D eigenvalue weighted by atomic mass is 16.2. The molecule has 0 saturated heterocycles. The van der Waals surface area contributed by atoms with Gasteiger partial charge in [-0.05, 0) is 42.9 Å². The average Bonchev–Trinajstić information content (AvgIpc) is 2.51. The van der Waals surface area contributed by atoms with Crippen LogP contribution in [0.4, 0.5) is 5.69 Å². The first-order valence-electron chi connectivity index (χ1n) is 7.00. The third kappa shape index (κ3) is 1.96. The molecule has 20 heavy (non-hydrogen) atoms. The molecule has 104 valence electrons. The summed E-state index contributed by atoms with van der Waals surface area (Å²) in [5.74, 6) is 0. The molecule has 3 N–H and O–H groups in total. The van der Waals surface area contributed by atoms with Crippen molar-refractivity contribution in [3.63, 3.8) is 0 Å². The second-order valence-corrected chi connectivity index (χ2v) is 5.48. The predicted octanol–water partition coefficient (Wildman–Crippen LogP) is 1.54. The molecule has 1 unspecified atom stereocenters. The average molecular weight is 270 g/mol. The molecule has 4 nitrogen and oxygen atoms in total. The fraction of sp³-hybridized carbons (Fsp3) is 0.375. The second-order valence-electron chi connectivity index (χ2n) is 5.48. The first-order valence-corrected chi connectivity index (χ1v) is 7.00. The summed E-state index contributed by atoms with van der Waals surface area (Å²) in [6.07, 6.45) is 3.11. The van der Waals surface area contributed by atoms with Gasteiger partial charge in [0.15, 0.2) is 0 Å². The quantitative estimate of drug-likeness (QED) is 0.830. The molecule has 0 bridgehead atoms. The zero-order valence-corrected chi connectivity index (χ0v) is 11.5. The van der Waals surface area contributed by atoms with Crippen LogP contribution < -0.4 is 21.9 Å². The third-order valence-electron chi connectivity index (χ3n) is 4.23. The SMILES string of the molecule is Cc1c(NC2CCCc3ccc(CN)cc32)c(=O)c1=O. The fourth-order valence-corrected chi connectivity index (χ4v) is 2.98. The molecule has 2 aromatic rings. The Kier molecular flexibility index (Phi) is 3.18. The van der Waals surface area contributed by atoms with Gasteiger partial charge in [0.1, 0.15) is 0 Å². The molecule has 1 aliphatic rings. The minimum absolute atomic E-state index is 0.104. The molecular formula is C16H18N2O2. The summed E-state index contributed by atoms with van der Waals surface area (Å²) in [5.41, 5.74) is 9.62. The van der Waals surface area contributed by atoms with E-state index in [9.17, 15) is 9.59 Å². The van der Waals surface area contributed by atoms with Crippen molar-refractivity contribution in [2.45, 2.75) is 38.8 Å². The Morgan fingerprint density at radius 2 is 2.10 bits per heavy atom. The monoisotopic (exact) mass is 270 g/mol. The van der Waals surface area contributed by atoms with Gasteiger partial charge in [-0.3, -0.25) is 9.59 Å². The molecule has 4 heteroatoms. The van der Waals surface area contributed by atoms with E-state index in [1.54, 1.807) is 6.92 Å². The van der Waals surface area contributed by atoms with Gasteiger partial charge in [-0.25, -0.2) is 0 Å². The molecule has 0 fully saturated rings. The lowest BCUT2D eigenvalue weighted by atomic mass is 9.86. The molecule has 0 aromatic heterocycles. The zero-order chi connectivity index (χ0) is 14.3. The van der Waals surface area contributed by atoms with E-state index >= 15 is 0 Å². The summed E-state index contributed by atoms with van der Waals surface area (Å²) in [7, 11) is 0. The first-order chi connectivity index (χ1) is 9.61. The van der Waals surface area contributed by atoms with Gasteiger partial charge < -0.3 is 11.1 Å². The van der Waals surface area contributed by atoms with Crippen LogP contribution in [0, 0.1) is 6.92 Å². The number of nitrogens with two attached hydrogens (primary N) is 1. The normalized spacial score (nSPS) is 18.0. The molecule has 3 rings (SSSR count). The minimum Gasteiger partial charge on any atom is -0.375 e. The lowest BCUT2D eigenvalue weighted by Crippen LogP contribution is -2.38. The standard InChI is InChI=1S/C16H18N2O2/c1-9-14(16(20)15(9)19)18-13-4-2-3-11-6-5-10(8-17)7-12(11)13/h5-7,13,18H,2-4,8,17H2,1H3. The summed E-state index contributed by atoms with van der Waals surface area (Å²) in [6.45, 7) is 2.21. The van der Waals surface area contributed by atoms with E-state index in [0.29, 0.717) is 17.8 Å². The smallest absolute Gasteiger partial charge is 0.249 e. The molecular weight excluding hydrogens is 252 g/mol. The number of aryl methyl sites for hydroxylation is 1. The van der Waals surface area contributed by atoms with Crippen molar-refractivity contribution in [3.8, 4) is 0 Å². The van der Waals surface area contributed by atoms with Gasteiger partial charge in [-0.15, -0.1) is 0 Å². The lowest BCUT2D eigenvalue weighted by Gasteiger charge is -2.28. The van der Waals surface area contributed by atoms with E-state index in [-0.39, 0.29) is 16.9 Å². The molecule has 0 radical (unpaired) electrons. The van der Waals surface area contributed by atoms with Crippen LogP contribution in [0.2, 0.25) is 0 Å².